The van der Waals surface area contributed by atoms with Crippen LogP contribution in [0.5, 0.6) is 0 Å². The third-order valence-corrected chi connectivity index (χ3v) is 3.08. The number of nitrogens with one attached hydrogen (secondary N) is 2. The van der Waals surface area contributed by atoms with E-state index in [0.29, 0.717) is 18.3 Å². The van der Waals surface area contributed by atoms with Gasteiger partial charge in [0, 0.05) is 13.7 Å². The van der Waals surface area contributed by atoms with Crippen molar-refractivity contribution in [3.05, 3.63) is 34.4 Å². The monoisotopic (exact) mass is 279 g/mol. The summed E-state index contributed by atoms with van der Waals surface area (Å²) in [6, 6.07) is 4.28. The minimum atomic E-state index is 0.495. The van der Waals surface area contributed by atoms with Crippen molar-refractivity contribution in [3.63, 3.8) is 0 Å². The van der Waals surface area contributed by atoms with Crippen molar-refractivity contribution in [2.75, 3.05) is 20.3 Å². The van der Waals surface area contributed by atoms with Gasteiger partial charge in [-0.25, -0.2) is 0 Å². The van der Waals surface area contributed by atoms with E-state index in [1.165, 1.54) is 16.7 Å². The minimum Gasteiger partial charge on any atom is -0.383 e. The quantitative estimate of drug-likeness (QED) is 0.375. The van der Waals surface area contributed by atoms with Crippen molar-refractivity contribution in [2.24, 2.45) is 5.10 Å². The highest BCUT2D eigenvalue weighted by Crippen LogP contribution is 2.13. The summed E-state index contributed by atoms with van der Waals surface area (Å²) >= 11 is 5.07. The maximum atomic E-state index is 5.07. The molecule has 104 valence electrons. The first-order valence-corrected chi connectivity index (χ1v) is 6.59. The average Bonchev–Trinajstić information content (AvgIpc) is 2.36. The van der Waals surface area contributed by atoms with Crippen LogP contribution in [0.2, 0.25) is 0 Å². The molecule has 0 aromatic heterocycles. The molecule has 19 heavy (non-hydrogen) atoms. The van der Waals surface area contributed by atoms with Gasteiger partial charge in [-0.05, 0) is 61.3 Å². The summed E-state index contributed by atoms with van der Waals surface area (Å²) in [7, 11) is 1.65. The van der Waals surface area contributed by atoms with Crippen LogP contribution in [0.3, 0.4) is 0 Å². The molecule has 0 heterocycles. The molecule has 1 aromatic rings. The van der Waals surface area contributed by atoms with Crippen LogP contribution >= 0.6 is 12.2 Å². The van der Waals surface area contributed by atoms with E-state index in [0.717, 1.165) is 5.56 Å². The molecule has 0 saturated heterocycles. The second kappa shape index (κ2) is 7.86. The van der Waals surface area contributed by atoms with Crippen LogP contribution in [0.15, 0.2) is 17.2 Å². The largest absolute Gasteiger partial charge is 0.383 e. The minimum absolute atomic E-state index is 0.495. The predicted molar refractivity (Wildman–Crippen MR) is 83.9 cm³/mol. The van der Waals surface area contributed by atoms with Crippen molar-refractivity contribution >= 4 is 23.5 Å². The van der Waals surface area contributed by atoms with E-state index in [2.05, 4.69) is 48.7 Å². The Morgan fingerprint density at radius 3 is 2.63 bits per heavy atom. The van der Waals surface area contributed by atoms with Gasteiger partial charge in [-0.15, -0.1) is 0 Å². The van der Waals surface area contributed by atoms with Gasteiger partial charge < -0.3 is 10.1 Å². The summed E-state index contributed by atoms with van der Waals surface area (Å²) in [4.78, 5) is 0. The van der Waals surface area contributed by atoms with Gasteiger partial charge in [0.1, 0.15) is 0 Å². The van der Waals surface area contributed by atoms with E-state index in [9.17, 15) is 0 Å². The van der Waals surface area contributed by atoms with Gasteiger partial charge in [-0.2, -0.15) is 5.10 Å². The number of aryl methyl sites for hydroxylation is 3. The third kappa shape index (κ3) is 5.36. The summed E-state index contributed by atoms with van der Waals surface area (Å²) < 4.78 is 4.92. The van der Waals surface area contributed by atoms with Gasteiger partial charge in [0.2, 0.25) is 0 Å². The van der Waals surface area contributed by atoms with E-state index in [1.54, 1.807) is 13.3 Å². The standard InChI is InChI=1S/C14H21N3OS/c1-10-7-12(3)13(8-11(10)2)9-16-17-14(19)15-5-6-18-4/h7-9H,5-6H2,1-4H3,(H2,15,17,19)/b16-9-. The zero-order chi connectivity index (χ0) is 14.3. The molecular formula is C14H21N3OS. The zero-order valence-electron chi connectivity index (χ0n) is 11.9. The fourth-order valence-electron chi connectivity index (χ4n) is 1.59. The smallest absolute Gasteiger partial charge is 0.187 e. The summed E-state index contributed by atoms with van der Waals surface area (Å²) in [5.41, 5.74) is 7.63. The van der Waals surface area contributed by atoms with Crippen molar-refractivity contribution in [1.82, 2.24) is 10.7 Å². The lowest BCUT2D eigenvalue weighted by Crippen LogP contribution is -2.34. The molecule has 0 spiro atoms. The number of ether oxygens (including phenoxy) is 1. The van der Waals surface area contributed by atoms with E-state index < -0.39 is 0 Å². The molecule has 1 rings (SSSR count). The number of hydrogen-bond donors (Lipinski definition) is 2. The summed E-state index contributed by atoms with van der Waals surface area (Å²) in [5, 5.41) is 7.61. The van der Waals surface area contributed by atoms with Crippen LogP contribution in [0.1, 0.15) is 22.3 Å². The van der Waals surface area contributed by atoms with Gasteiger partial charge in [0.05, 0.1) is 12.8 Å². The van der Waals surface area contributed by atoms with Crippen LogP contribution in [0, 0.1) is 20.8 Å². The Bertz CT molecular complexity index is 472. The molecule has 0 amide bonds. The van der Waals surface area contributed by atoms with E-state index >= 15 is 0 Å². The Balaban J connectivity index is 2.53. The first-order valence-electron chi connectivity index (χ1n) is 6.18. The normalized spacial score (nSPS) is 10.7. The lowest BCUT2D eigenvalue weighted by Gasteiger charge is -2.07. The van der Waals surface area contributed by atoms with Crippen LogP contribution in [-0.2, 0) is 4.74 Å². The maximum Gasteiger partial charge on any atom is 0.187 e. The molecule has 5 heteroatoms. The molecule has 0 aliphatic heterocycles. The van der Waals surface area contributed by atoms with Crippen molar-refractivity contribution in [2.45, 2.75) is 20.8 Å². The first kappa shape index (κ1) is 15.6. The SMILES string of the molecule is COCCNC(=S)N/N=C\c1cc(C)c(C)cc1C. The molecule has 1 aromatic carbocycles. The highest BCUT2D eigenvalue weighted by molar-refractivity contribution is 7.80. The molecule has 0 atom stereocenters. The number of methoxy groups -OCH3 is 1. The van der Waals surface area contributed by atoms with Gasteiger partial charge in [-0.3, -0.25) is 5.43 Å². The van der Waals surface area contributed by atoms with E-state index in [4.69, 9.17) is 17.0 Å². The lowest BCUT2D eigenvalue weighted by molar-refractivity contribution is 0.204. The van der Waals surface area contributed by atoms with Gasteiger partial charge in [0.15, 0.2) is 5.11 Å². The number of rotatable bonds is 5. The third-order valence-electron chi connectivity index (χ3n) is 2.84. The van der Waals surface area contributed by atoms with E-state index in [1.807, 2.05) is 0 Å². The molecular weight excluding hydrogens is 258 g/mol. The fraction of sp³-hybridized carbons (Fsp3) is 0.429. The van der Waals surface area contributed by atoms with Gasteiger partial charge in [-0.1, -0.05) is 6.07 Å². The summed E-state index contributed by atoms with van der Waals surface area (Å²) in [5.74, 6) is 0. The molecule has 0 fully saturated rings. The fourth-order valence-corrected chi connectivity index (χ4v) is 1.74. The number of thiocarbonyl (C=S) groups is 1. The molecule has 0 saturated carbocycles. The topological polar surface area (TPSA) is 45.6 Å². The molecule has 0 unspecified atom stereocenters. The Morgan fingerprint density at radius 1 is 1.26 bits per heavy atom. The number of nitrogens with zero attached hydrogens (tertiary/aromatic N) is 1. The van der Waals surface area contributed by atoms with Crippen molar-refractivity contribution in [3.8, 4) is 0 Å². The average molecular weight is 279 g/mol. The number of hydrazone groups is 1. The van der Waals surface area contributed by atoms with Crippen LogP contribution < -0.4 is 10.7 Å². The van der Waals surface area contributed by atoms with Crippen molar-refractivity contribution < 1.29 is 4.74 Å². The second-order valence-corrected chi connectivity index (χ2v) is 4.82. The molecule has 2 N–H and O–H groups in total. The highest BCUT2D eigenvalue weighted by Gasteiger charge is 1.99. The summed E-state index contributed by atoms with van der Waals surface area (Å²) in [6.45, 7) is 7.55. The molecule has 0 radical (unpaired) electrons. The van der Waals surface area contributed by atoms with Crippen LogP contribution in [-0.4, -0.2) is 31.6 Å². The Kier molecular flexibility index (Phi) is 6.45. The summed E-state index contributed by atoms with van der Waals surface area (Å²) in [6.07, 6.45) is 1.78. The van der Waals surface area contributed by atoms with Gasteiger partial charge >= 0.3 is 0 Å². The molecule has 0 aliphatic carbocycles. The molecule has 4 nitrogen and oxygen atoms in total. The Morgan fingerprint density at radius 2 is 1.95 bits per heavy atom. The van der Waals surface area contributed by atoms with Gasteiger partial charge in [0.25, 0.3) is 0 Å². The second-order valence-electron chi connectivity index (χ2n) is 4.41. The molecule has 0 aliphatic rings. The van der Waals surface area contributed by atoms with E-state index in [-0.39, 0.29) is 0 Å². The van der Waals surface area contributed by atoms with Crippen LogP contribution in [0.25, 0.3) is 0 Å². The Labute approximate surface area is 120 Å². The highest BCUT2D eigenvalue weighted by atomic mass is 32.1. The van der Waals surface area contributed by atoms with Crippen molar-refractivity contribution in [1.29, 1.82) is 0 Å². The van der Waals surface area contributed by atoms with Crippen LogP contribution in [0.4, 0.5) is 0 Å². The lowest BCUT2D eigenvalue weighted by atomic mass is 10.0. The number of benzene rings is 1. The molecule has 0 bridgehead atoms. The zero-order valence-corrected chi connectivity index (χ0v) is 12.7. The first-order chi connectivity index (χ1) is 9.04. The Hall–Kier alpha value is -1.46. The maximum absolute atomic E-state index is 5.07. The predicted octanol–water partition coefficient (Wildman–Crippen LogP) is 2.06. The number of hydrogen-bond acceptors (Lipinski definition) is 3.